The quantitative estimate of drug-likeness (QED) is 0.690. The van der Waals surface area contributed by atoms with Gasteiger partial charge in [-0.15, -0.1) is 0 Å². The van der Waals surface area contributed by atoms with Gasteiger partial charge in [0.2, 0.25) is 0 Å². The van der Waals surface area contributed by atoms with Gasteiger partial charge in [0.1, 0.15) is 17.2 Å². The van der Waals surface area contributed by atoms with Crippen LogP contribution in [-0.2, 0) is 0 Å². The first-order valence-corrected chi connectivity index (χ1v) is 4.25. The van der Waals surface area contributed by atoms with Crippen LogP contribution in [0.25, 0.3) is 10.9 Å². The summed E-state index contributed by atoms with van der Waals surface area (Å²) in [6.07, 6.45) is 0. The van der Waals surface area contributed by atoms with Gasteiger partial charge in [0.05, 0.1) is 5.39 Å². The van der Waals surface area contributed by atoms with E-state index in [0.717, 1.165) is 5.56 Å². The van der Waals surface area contributed by atoms with Crippen molar-refractivity contribution >= 4 is 10.9 Å². The number of nitrogens with one attached hydrogen (secondary N) is 1. The summed E-state index contributed by atoms with van der Waals surface area (Å²) in [5.41, 5.74) is 0.589. The van der Waals surface area contributed by atoms with Gasteiger partial charge in [-0.3, -0.25) is 4.79 Å². The molecule has 4 heteroatoms. The lowest BCUT2D eigenvalue weighted by Crippen LogP contribution is -2.11. The summed E-state index contributed by atoms with van der Waals surface area (Å²) in [6, 6.07) is 2.90. The van der Waals surface area contributed by atoms with Gasteiger partial charge < -0.3 is 4.98 Å². The second-order valence-electron chi connectivity index (χ2n) is 3.24. The molecular weight excluding hydrogens is 183 g/mol. The predicted molar refractivity (Wildman–Crippen MR) is 51.8 cm³/mol. The van der Waals surface area contributed by atoms with Crippen LogP contribution in [0.3, 0.4) is 0 Å². The van der Waals surface area contributed by atoms with Gasteiger partial charge in [-0.1, -0.05) is 6.07 Å². The molecule has 1 heterocycles. The topological polar surface area (TPSA) is 45.8 Å². The normalized spacial score (nSPS) is 10.8. The Kier molecular flexibility index (Phi) is 1.84. The zero-order chi connectivity index (χ0) is 10.3. The molecule has 0 saturated heterocycles. The first-order chi connectivity index (χ1) is 6.59. The fourth-order valence-corrected chi connectivity index (χ4v) is 1.48. The van der Waals surface area contributed by atoms with Gasteiger partial charge in [0, 0.05) is 0 Å². The Morgan fingerprint density at radius 2 is 2.07 bits per heavy atom. The molecule has 1 aromatic carbocycles. The van der Waals surface area contributed by atoms with Crippen LogP contribution in [0.1, 0.15) is 11.4 Å². The van der Waals surface area contributed by atoms with Crippen LogP contribution in [0.5, 0.6) is 0 Å². The molecule has 0 aliphatic carbocycles. The van der Waals surface area contributed by atoms with Crippen molar-refractivity contribution in [2.75, 3.05) is 0 Å². The number of benzene rings is 1. The van der Waals surface area contributed by atoms with Crippen molar-refractivity contribution in [2.45, 2.75) is 13.8 Å². The van der Waals surface area contributed by atoms with Crippen molar-refractivity contribution < 1.29 is 4.39 Å². The number of nitrogens with zero attached hydrogens (tertiary/aromatic N) is 1. The van der Waals surface area contributed by atoms with Crippen molar-refractivity contribution in [3.8, 4) is 0 Å². The Hall–Kier alpha value is -1.71. The van der Waals surface area contributed by atoms with Gasteiger partial charge in [0.25, 0.3) is 5.56 Å². The van der Waals surface area contributed by atoms with Gasteiger partial charge >= 0.3 is 0 Å². The molecule has 0 radical (unpaired) electrons. The number of aryl methyl sites for hydroxylation is 2. The Morgan fingerprint density at radius 1 is 1.36 bits per heavy atom. The lowest BCUT2D eigenvalue weighted by molar-refractivity contribution is 0.635. The molecule has 0 aliphatic heterocycles. The maximum Gasteiger partial charge on any atom is 0.259 e. The van der Waals surface area contributed by atoms with E-state index in [-0.39, 0.29) is 11.1 Å². The smallest absolute Gasteiger partial charge is 0.259 e. The minimum Gasteiger partial charge on any atom is -0.310 e. The lowest BCUT2D eigenvalue weighted by atomic mass is 10.1. The summed E-state index contributed by atoms with van der Waals surface area (Å²) in [6.45, 7) is 3.39. The zero-order valence-corrected chi connectivity index (χ0v) is 7.89. The van der Waals surface area contributed by atoms with Gasteiger partial charge in [0.15, 0.2) is 0 Å². The average molecular weight is 192 g/mol. The van der Waals surface area contributed by atoms with E-state index in [1.807, 2.05) is 0 Å². The molecule has 0 atom stereocenters. The molecule has 1 N–H and O–H groups in total. The highest BCUT2D eigenvalue weighted by Gasteiger charge is 2.08. The van der Waals surface area contributed by atoms with E-state index in [0.29, 0.717) is 11.2 Å². The number of hydrogen-bond acceptors (Lipinski definition) is 2. The first-order valence-electron chi connectivity index (χ1n) is 4.25. The molecule has 72 valence electrons. The highest BCUT2D eigenvalue weighted by atomic mass is 19.1. The number of fused-ring (bicyclic) bond motifs is 1. The highest BCUT2D eigenvalue weighted by Crippen LogP contribution is 2.15. The summed E-state index contributed by atoms with van der Waals surface area (Å²) in [5.74, 6) is -0.0354. The number of H-pyrrole nitrogens is 1. The minimum absolute atomic E-state index is 0.145. The van der Waals surface area contributed by atoms with Gasteiger partial charge in [-0.2, -0.15) is 0 Å². The zero-order valence-electron chi connectivity index (χ0n) is 7.89. The van der Waals surface area contributed by atoms with E-state index in [2.05, 4.69) is 9.97 Å². The lowest BCUT2D eigenvalue weighted by Gasteiger charge is -2.02. The van der Waals surface area contributed by atoms with Gasteiger partial charge in [-0.05, 0) is 25.5 Å². The Balaban J connectivity index is 3.08. The van der Waals surface area contributed by atoms with Crippen molar-refractivity contribution in [3.63, 3.8) is 0 Å². The van der Waals surface area contributed by atoms with E-state index in [9.17, 15) is 9.18 Å². The molecule has 2 aromatic rings. The fourth-order valence-electron chi connectivity index (χ4n) is 1.48. The first kappa shape index (κ1) is 8.87. The van der Waals surface area contributed by atoms with Crippen molar-refractivity contribution in [1.82, 2.24) is 9.97 Å². The molecule has 3 nitrogen and oxygen atoms in total. The van der Waals surface area contributed by atoms with Crippen LogP contribution >= 0.6 is 0 Å². The highest BCUT2D eigenvalue weighted by molar-refractivity contribution is 5.81. The van der Waals surface area contributed by atoms with Crippen LogP contribution in [-0.4, -0.2) is 9.97 Å². The van der Waals surface area contributed by atoms with Crippen LogP contribution in [0.2, 0.25) is 0 Å². The molecule has 0 saturated carbocycles. The third-order valence-corrected chi connectivity index (χ3v) is 2.14. The molecule has 0 unspecified atom stereocenters. The minimum atomic E-state index is -0.459. The standard InChI is InChI=1S/C10H9FN2O/c1-5-3-4-7(11)9-8(5)10(14)13-6(2)12-9/h3-4H,1-2H3,(H,12,13,14). The molecule has 0 spiro atoms. The predicted octanol–water partition coefficient (Wildman–Crippen LogP) is 1.68. The Bertz CT molecular complexity index is 560. The van der Waals surface area contributed by atoms with E-state index in [1.54, 1.807) is 19.9 Å². The van der Waals surface area contributed by atoms with E-state index >= 15 is 0 Å². The van der Waals surface area contributed by atoms with Crippen molar-refractivity contribution in [3.05, 3.63) is 39.7 Å². The largest absolute Gasteiger partial charge is 0.310 e. The molecular formula is C10H9FN2O. The van der Waals surface area contributed by atoms with Gasteiger partial charge in [-0.25, -0.2) is 9.37 Å². The maximum absolute atomic E-state index is 13.3. The third kappa shape index (κ3) is 1.19. The Labute approximate surface area is 79.6 Å². The molecule has 0 aliphatic rings. The molecule has 2 rings (SSSR count). The van der Waals surface area contributed by atoms with Crippen LogP contribution < -0.4 is 5.56 Å². The van der Waals surface area contributed by atoms with Crippen LogP contribution in [0.15, 0.2) is 16.9 Å². The van der Waals surface area contributed by atoms with E-state index < -0.39 is 5.82 Å². The second-order valence-corrected chi connectivity index (χ2v) is 3.24. The average Bonchev–Trinajstić information content (AvgIpc) is 2.10. The molecule has 1 aromatic heterocycles. The number of aromatic nitrogens is 2. The Morgan fingerprint density at radius 3 is 2.79 bits per heavy atom. The second kappa shape index (κ2) is 2.90. The summed E-state index contributed by atoms with van der Waals surface area (Å²) in [7, 11) is 0. The number of aromatic amines is 1. The molecule has 14 heavy (non-hydrogen) atoms. The van der Waals surface area contributed by atoms with Crippen LogP contribution in [0, 0.1) is 19.7 Å². The fraction of sp³-hybridized carbons (Fsp3) is 0.200. The maximum atomic E-state index is 13.3. The number of hydrogen-bond donors (Lipinski definition) is 1. The molecule has 0 fully saturated rings. The summed E-state index contributed by atoms with van der Waals surface area (Å²) in [5, 5.41) is 0.329. The number of halogens is 1. The third-order valence-electron chi connectivity index (χ3n) is 2.14. The van der Waals surface area contributed by atoms with E-state index in [4.69, 9.17) is 0 Å². The van der Waals surface area contributed by atoms with Crippen molar-refractivity contribution in [2.24, 2.45) is 0 Å². The number of rotatable bonds is 0. The molecule has 0 amide bonds. The van der Waals surface area contributed by atoms with Crippen LogP contribution in [0.4, 0.5) is 4.39 Å². The summed E-state index contributed by atoms with van der Waals surface area (Å²) >= 11 is 0. The summed E-state index contributed by atoms with van der Waals surface area (Å²) in [4.78, 5) is 18.0. The monoisotopic (exact) mass is 192 g/mol. The summed E-state index contributed by atoms with van der Waals surface area (Å²) < 4.78 is 13.3. The van der Waals surface area contributed by atoms with E-state index in [1.165, 1.54) is 6.07 Å². The molecule has 0 bridgehead atoms. The SMILES string of the molecule is Cc1nc2c(F)ccc(C)c2c(=O)[nH]1. The van der Waals surface area contributed by atoms with Crippen molar-refractivity contribution in [1.29, 1.82) is 0 Å².